The molecular weight excluding hydrogens is 502 g/mol. The number of carbonyl (C=O) groups excluding carboxylic acids is 1. The predicted molar refractivity (Wildman–Crippen MR) is 134 cm³/mol. The lowest BCUT2D eigenvalue weighted by Gasteiger charge is -2.47. The van der Waals surface area contributed by atoms with Crippen LogP contribution in [0.2, 0.25) is 5.02 Å². The molecule has 0 saturated carbocycles. The Morgan fingerprint density at radius 2 is 1.67 bits per heavy atom. The van der Waals surface area contributed by atoms with E-state index in [0.29, 0.717) is 37.7 Å². The van der Waals surface area contributed by atoms with Crippen LogP contribution in [0.4, 0.5) is 0 Å². The van der Waals surface area contributed by atoms with Crippen LogP contribution in [0, 0.1) is 0 Å². The molecule has 6 heteroatoms. The van der Waals surface area contributed by atoms with Gasteiger partial charge >= 0.3 is 0 Å². The molecule has 1 aliphatic rings. The Balaban J connectivity index is 1.66. The molecule has 0 radical (unpaired) electrons. The zero-order valence-corrected chi connectivity index (χ0v) is 20.9. The molecule has 0 N–H and O–H groups in total. The lowest BCUT2D eigenvalue weighted by molar-refractivity contribution is -0.195. The van der Waals surface area contributed by atoms with Crippen molar-refractivity contribution in [3.63, 3.8) is 0 Å². The maximum Gasteiger partial charge on any atom is 0.219 e. The molecule has 172 valence electrons. The van der Waals surface area contributed by atoms with Crippen molar-refractivity contribution in [2.75, 3.05) is 13.1 Å². The molecule has 3 aromatic carbocycles. The Hall–Kier alpha value is -2.18. The number of piperidine rings is 1. The van der Waals surface area contributed by atoms with Crippen molar-refractivity contribution in [3.8, 4) is 0 Å². The van der Waals surface area contributed by atoms with E-state index < -0.39 is 5.60 Å². The van der Waals surface area contributed by atoms with E-state index in [9.17, 15) is 4.79 Å². The first-order valence-corrected chi connectivity index (χ1v) is 12.2. The van der Waals surface area contributed by atoms with Crippen molar-refractivity contribution in [1.82, 2.24) is 4.90 Å². The van der Waals surface area contributed by atoms with Gasteiger partial charge in [-0.15, -0.1) is 0 Å². The van der Waals surface area contributed by atoms with Crippen LogP contribution in [0.15, 0.2) is 83.3 Å². The number of ether oxygens (including phenoxy) is 2. The highest BCUT2D eigenvalue weighted by Crippen LogP contribution is 2.40. The molecule has 1 fully saturated rings. The molecule has 1 aliphatic heterocycles. The first-order chi connectivity index (χ1) is 16.0. The van der Waals surface area contributed by atoms with E-state index >= 15 is 0 Å². The normalized spacial score (nSPS) is 20.6. The molecular formula is C27H27BrClNO3. The molecule has 0 bridgehead atoms. The van der Waals surface area contributed by atoms with Gasteiger partial charge in [0.1, 0.15) is 11.7 Å². The Morgan fingerprint density at radius 1 is 1.00 bits per heavy atom. The second-order valence-electron chi connectivity index (χ2n) is 8.31. The summed E-state index contributed by atoms with van der Waals surface area (Å²) in [6.07, 6.45) is 0.287. The van der Waals surface area contributed by atoms with E-state index in [2.05, 4.69) is 28.1 Å². The molecule has 0 unspecified atom stereocenters. The average Bonchev–Trinajstić information content (AvgIpc) is 2.83. The zero-order chi connectivity index (χ0) is 23.3. The quantitative estimate of drug-likeness (QED) is 0.359. The molecule has 0 aromatic heterocycles. The van der Waals surface area contributed by atoms with Gasteiger partial charge in [0.05, 0.1) is 19.8 Å². The van der Waals surface area contributed by atoms with Crippen LogP contribution >= 0.6 is 27.5 Å². The summed E-state index contributed by atoms with van der Waals surface area (Å²) in [7, 11) is 0. The van der Waals surface area contributed by atoms with Crippen LogP contribution in [-0.4, -0.2) is 30.0 Å². The fraction of sp³-hybridized carbons (Fsp3) is 0.296. The third kappa shape index (κ3) is 5.85. The van der Waals surface area contributed by atoms with Crippen molar-refractivity contribution in [2.24, 2.45) is 0 Å². The van der Waals surface area contributed by atoms with Gasteiger partial charge in [-0.2, -0.15) is 0 Å². The number of halogens is 2. The van der Waals surface area contributed by atoms with Crippen molar-refractivity contribution in [1.29, 1.82) is 0 Å². The lowest BCUT2D eigenvalue weighted by Crippen LogP contribution is -2.56. The summed E-state index contributed by atoms with van der Waals surface area (Å²) in [5.41, 5.74) is 2.45. The lowest BCUT2D eigenvalue weighted by atomic mass is 9.81. The second-order valence-corrected chi connectivity index (χ2v) is 9.66. The summed E-state index contributed by atoms with van der Waals surface area (Å²) in [6.45, 7) is 3.54. The van der Waals surface area contributed by atoms with E-state index in [0.717, 1.165) is 21.2 Å². The van der Waals surface area contributed by atoms with Gasteiger partial charge in [-0.1, -0.05) is 82.1 Å². The third-order valence-corrected chi connectivity index (χ3v) is 6.92. The molecule has 33 heavy (non-hydrogen) atoms. The third-order valence-electron chi connectivity index (χ3n) is 6.14. The molecule has 4 nitrogen and oxygen atoms in total. The molecule has 0 aliphatic carbocycles. The first kappa shape index (κ1) is 24.0. The minimum absolute atomic E-state index is 0.0417. The highest BCUT2D eigenvalue weighted by Gasteiger charge is 2.47. The molecule has 1 amide bonds. The minimum Gasteiger partial charge on any atom is -0.368 e. The van der Waals surface area contributed by atoms with E-state index in [-0.39, 0.29) is 12.0 Å². The SMILES string of the molecule is CC(=O)N1CC[C@@](OCc2ccccc2)(c2ccc(Cl)cc2)[C@@H](OCc2ccc(Br)cc2)C1. The van der Waals surface area contributed by atoms with Gasteiger partial charge in [0.25, 0.3) is 0 Å². The molecule has 3 aromatic rings. The van der Waals surface area contributed by atoms with E-state index in [1.807, 2.05) is 71.6 Å². The van der Waals surface area contributed by atoms with Crippen LogP contribution < -0.4 is 0 Å². The topological polar surface area (TPSA) is 38.8 Å². The molecule has 0 spiro atoms. The van der Waals surface area contributed by atoms with E-state index in [4.69, 9.17) is 21.1 Å². The maximum absolute atomic E-state index is 12.2. The van der Waals surface area contributed by atoms with Gasteiger partial charge < -0.3 is 14.4 Å². The minimum atomic E-state index is -0.707. The summed E-state index contributed by atoms with van der Waals surface area (Å²) in [5.74, 6) is 0.0417. The van der Waals surface area contributed by atoms with E-state index in [1.54, 1.807) is 6.92 Å². The molecule has 4 rings (SSSR count). The fourth-order valence-corrected chi connectivity index (χ4v) is 4.64. The second kappa shape index (κ2) is 10.8. The Morgan fingerprint density at radius 3 is 2.33 bits per heavy atom. The van der Waals surface area contributed by atoms with Crippen molar-refractivity contribution >= 4 is 33.4 Å². The molecule has 1 heterocycles. The van der Waals surface area contributed by atoms with Crippen LogP contribution in [0.25, 0.3) is 0 Å². The van der Waals surface area contributed by atoms with Crippen molar-refractivity contribution in [3.05, 3.63) is 105 Å². The first-order valence-electron chi connectivity index (χ1n) is 11.0. The number of hydrogen-bond acceptors (Lipinski definition) is 3. The number of carbonyl (C=O) groups is 1. The monoisotopic (exact) mass is 527 g/mol. The summed E-state index contributed by atoms with van der Waals surface area (Å²) < 4.78 is 14.3. The van der Waals surface area contributed by atoms with Gasteiger partial charge in [0.15, 0.2) is 0 Å². The largest absolute Gasteiger partial charge is 0.368 e. The number of benzene rings is 3. The predicted octanol–water partition coefficient (Wildman–Crippen LogP) is 6.35. The number of hydrogen-bond donors (Lipinski definition) is 0. The van der Waals surface area contributed by atoms with Crippen molar-refractivity contribution in [2.45, 2.75) is 38.3 Å². The van der Waals surface area contributed by atoms with Crippen LogP contribution in [0.3, 0.4) is 0 Å². The summed E-state index contributed by atoms with van der Waals surface area (Å²) in [4.78, 5) is 14.1. The van der Waals surface area contributed by atoms with Gasteiger partial charge in [0.2, 0.25) is 5.91 Å². The highest BCUT2D eigenvalue weighted by molar-refractivity contribution is 9.10. The summed E-state index contributed by atoms with van der Waals surface area (Å²) in [5, 5.41) is 0.672. The standard InChI is InChI=1S/C27H27BrClNO3/c1-20(31)30-16-15-27(23-9-13-25(29)14-10-23,33-19-21-5-3-2-4-6-21)26(17-30)32-18-22-7-11-24(28)12-8-22/h2-14,26H,15-19H2,1H3/t26-,27+/m0/s1. The fourth-order valence-electron chi connectivity index (χ4n) is 4.25. The molecule has 1 saturated heterocycles. The molecule has 2 atom stereocenters. The average molecular weight is 529 g/mol. The Labute approximate surface area is 208 Å². The number of nitrogens with zero attached hydrogens (tertiary/aromatic N) is 1. The van der Waals surface area contributed by atoms with Crippen LogP contribution in [0.5, 0.6) is 0 Å². The highest BCUT2D eigenvalue weighted by atomic mass is 79.9. The van der Waals surface area contributed by atoms with Gasteiger partial charge in [-0.3, -0.25) is 4.79 Å². The Kier molecular flexibility index (Phi) is 7.86. The van der Waals surface area contributed by atoms with Gasteiger partial charge in [0, 0.05) is 29.4 Å². The van der Waals surface area contributed by atoms with Gasteiger partial charge in [-0.25, -0.2) is 0 Å². The zero-order valence-electron chi connectivity index (χ0n) is 18.5. The number of likely N-dealkylation sites (tertiary alicyclic amines) is 1. The number of rotatable bonds is 7. The summed E-state index contributed by atoms with van der Waals surface area (Å²) in [6, 6.07) is 26.0. The Bertz CT molecular complexity index is 1060. The van der Waals surface area contributed by atoms with Crippen molar-refractivity contribution < 1.29 is 14.3 Å². The smallest absolute Gasteiger partial charge is 0.219 e. The maximum atomic E-state index is 12.2. The van der Waals surface area contributed by atoms with Crippen LogP contribution in [0.1, 0.15) is 30.0 Å². The number of amides is 1. The van der Waals surface area contributed by atoms with Gasteiger partial charge in [-0.05, 0) is 41.0 Å². The van der Waals surface area contributed by atoms with Crippen LogP contribution in [-0.2, 0) is 33.1 Å². The summed E-state index contributed by atoms with van der Waals surface area (Å²) >= 11 is 9.67. The van der Waals surface area contributed by atoms with E-state index in [1.165, 1.54) is 0 Å².